The van der Waals surface area contributed by atoms with Gasteiger partial charge in [-0.15, -0.1) is 0 Å². The lowest BCUT2D eigenvalue weighted by Crippen LogP contribution is -2.21. The second kappa shape index (κ2) is 12.3. The summed E-state index contributed by atoms with van der Waals surface area (Å²) >= 11 is 0. The molecule has 2 rings (SSSR count). The first-order valence-corrected chi connectivity index (χ1v) is 10.6. The molecule has 0 aromatic carbocycles. The summed E-state index contributed by atoms with van der Waals surface area (Å²) < 4.78 is 11.2. The normalized spacial score (nSPS) is 21.4. The number of carbonyl (C=O) groups is 2. The van der Waals surface area contributed by atoms with E-state index in [1.54, 1.807) is 0 Å². The Bertz CT molecular complexity index is 341. The van der Waals surface area contributed by atoms with Gasteiger partial charge in [0.1, 0.15) is 12.2 Å². The Hall–Kier alpha value is -1.06. The fraction of sp³-hybridized carbons (Fsp3) is 0.905. The molecule has 2 saturated carbocycles. The van der Waals surface area contributed by atoms with Gasteiger partial charge in [0.25, 0.3) is 0 Å². The average Bonchev–Trinajstić information content (AvgIpc) is 2.52. The van der Waals surface area contributed by atoms with Gasteiger partial charge in [-0.1, -0.05) is 38.5 Å². The second-order valence-corrected chi connectivity index (χ2v) is 7.77. The molecule has 0 radical (unpaired) electrons. The number of carbonyl (C=O) groups excluding carboxylic acids is 2. The number of hydrogen-bond acceptors (Lipinski definition) is 4. The minimum absolute atomic E-state index is 0.0923. The minimum Gasteiger partial charge on any atom is -0.462 e. The van der Waals surface area contributed by atoms with Crippen molar-refractivity contribution >= 4 is 11.9 Å². The van der Waals surface area contributed by atoms with E-state index in [1.807, 2.05) is 0 Å². The summed E-state index contributed by atoms with van der Waals surface area (Å²) in [6.07, 6.45) is 17.6. The van der Waals surface area contributed by atoms with Crippen LogP contribution in [0.5, 0.6) is 0 Å². The van der Waals surface area contributed by atoms with Gasteiger partial charge in [-0.2, -0.15) is 0 Å². The molecule has 4 nitrogen and oxygen atoms in total. The number of hydrogen-bond donors (Lipinski definition) is 0. The van der Waals surface area contributed by atoms with Crippen molar-refractivity contribution in [1.82, 2.24) is 0 Å². The molecule has 0 N–H and O–H groups in total. The van der Waals surface area contributed by atoms with Crippen LogP contribution < -0.4 is 0 Å². The molecule has 0 spiro atoms. The highest BCUT2D eigenvalue weighted by molar-refractivity contribution is 5.72. The van der Waals surface area contributed by atoms with Crippen LogP contribution in [0, 0.1) is 0 Å². The zero-order valence-corrected chi connectivity index (χ0v) is 15.8. The Balaban J connectivity index is 1.57. The van der Waals surface area contributed by atoms with E-state index in [9.17, 15) is 9.59 Å². The molecule has 2 aliphatic rings. The summed E-state index contributed by atoms with van der Waals surface area (Å²) in [5, 5.41) is 0. The Kier molecular flexibility index (Phi) is 9.98. The van der Waals surface area contributed by atoms with E-state index in [0.717, 1.165) is 51.4 Å². The Morgan fingerprint density at radius 2 is 0.880 bits per heavy atom. The quantitative estimate of drug-likeness (QED) is 0.595. The summed E-state index contributed by atoms with van der Waals surface area (Å²) in [5.74, 6) is -0.298. The second-order valence-electron chi connectivity index (χ2n) is 7.77. The number of rotatable bonds is 6. The van der Waals surface area contributed by atoms with Crippen LogP contribution >= 0.6 is 0 Å². The number of esters is 2. The smallest absolute Gasteiger partial charge is 0.306 e. The van der Waals surface area contributed by atoms with Crippen LogP contribution in [0.2, 0.25) is 0 Å². The van der Waals surface area contributed by atoms with Gasteiger partial charge in [-0.3, -0.25) is 9.59 Å². The van der Waals surface area contributed by atoms with Gasteiger partial charge < -0.3 is 9.47 Å². The first kappa shape index (κ1) is 20.3. The van der Waals surface area contributed by atoms with E-state index in [4.69, 9.17) is 9.47 Å². The molecule has 0 unspecified atom stereocenters. The summed E-state index contributed by atoms with van der Waals surface area (Å²) in [5.41, 5.74) is 0. The molecule has 0 atom stereocenters. The largest absolute Gasteiger partial charge is 0.462 e. The molecule has 144 valence electrons. The average molecular weight is 353 g/mol. The van der Waals surface area contributed by atoms with E-state index in [1.165, 1.54) is 38.5 Å². The van der Waals surface area contributed by atoms with Crippen molar-refractivity contribution in [3.63, 3.8) is 0 Å². The molecular formula is C21H36O4. The van der Waals surface area contributed by atoms with Crippen molar-refractivity contribution in [2.24, 2.45) is 0 Å². The molecule has 2 aliphatic carbocycles. The van der Waals surface area contributed by atoms with Crippen molar-refractivity contribution in [1.29, 1.82) is 0 Å². The van der Waals surface area contributed by atoms with Crippen molar-refractivity contribution in [2.45, 2.75) is 121 Å². The third-order valence-corrected chi connectivity index (χ3v) is 5.46. The lowest BCUT2D eigenvalue weighted by molar-refractivity contribution is -0.151. The molecule has 4 heteroatoms. The van der Waals surface area contributed by atoms with E-state index in [-0.39, 0.29) is 24.1 Å². The molecule has 0 aromatic rings. The third-order valence-electron chi connectivity index (χ3n) is 5.46. The van der Waals surface area contributed by atoms with Gasteiger partial charge in [0.15, 0.2) is 0 Å². The van der Waals surface area contributed by atoms with E-state index in [0.29, 0.717) is 19.3 Å². The third kappa shape index (κ3) is 9.27. The van der Waals surface area contributed by atoms with Crippen molar-refractivity contribution in [3.8, 4) is 0 Å². The Morgan fingerprint density at radius 1 is 0.560 bits per heavy atom. The molecular weight excluding hydrogens is 316 g/mol. The standard InChI is InChI=1S/C21H36O4/c22-20(24-18-12-7-3-1-4-8-13-18)16-11-17-21(23)25-19-14-9-5-2-6-10-15-19/h18-19H,1-17H2. The monoisotopic (exact) mass is 352 g/mol. The first-order chi connectivity index (χ1) is 12.2. The van der Waals surface area contributed by atoms with E-state index in [2.05, 4.69) is 0 Å². The molecule has 0 aliphatic heterocycles. The molecule has 0 heterocycles. The summed E-state index contributed by atoms with van der Waals surface area (Å²) in [7, 11) is 0. The van der Waals surface area contributed by atoms with Crippen molar-refractivity contribution in [2.75, 3.05) is 0 Å². The van der Waals surface area contributed by atoms with E-state index >= 15 is 0 Å². The highest BCUT2D eigenvalue weighted by Crippen LogP contribution is 2.21. The van der Waals surface area contributed by atoms with Gasteiger partial charge in [-0.05, 0) is 57.8 Å². The molecule has 0 amide bonds. The van der Waals surface area contributed by atoms with E-state index < -0.39 is 0 Å². The molecule has 25 heavy (non-hydrogen) atoms. The zero-order chi connectivity index (χ0) is 17.7. The lowest BCUT2D eigenvalue weighted by Gasteiger charge is -2.21. The number of ether oxygens (including phenoxy) is 2. The first-order valence-electron chi connectivity index (χ1n) is 10.6. The molecule has 2 fully saturated rings. The van der Waals surface area contributed by atoms with Crippen LogP contribution in [-0.2, 0) is 19.1 Å². The highest BCUT2D eigenvalue weighted by atomic mass is 16.5. The van der Waals surface area contributed by atoms with Gasteiger partial charge in [0.05, 0.1) is 0 Å². The highest BCUT2D eigenvalue weighted by Gasteiger charge is 2.18. The fourth-order valence-electron chi connectivity index (χ4n) is 3.94. The Morgan fingerprint density at radius 3 is 1.24 bits per heavy atom. The SMILES string of the molecule is O=C(CCCC(=O)OC1CCCCCCC1)OC1CCCCCCC1. The molecule has 0 saturated heterocycles. The van der Waals surface area contributed by atoms with Gasteiger partial charge in [-0.25, -0.2) is 0 Å². The van der Waals surface area contributed by atoms with Crippen LogP contribution in [0.25, 0.3) is 0 Å². The molecule has 0 aromatic heterocycles. The van der Waals surface area contributed by atoms with Crippen molar-refractivity contribution in [3.05, 3.63) is 0 Å². The van der Waals surface area contributed by atoms with Crippen LogP contribution in [0.15, 0.2) is 0 Å². The topological polar surface area (TPSA) is 52.6 Å². The minimum atomic E-state index is -0.149. The maximum absolute atomic E-state index is 12.0. The van der Waals surface area contributed by atoms with Crippen LogP contribution in [0.3, 0.4) is 0 Å². The summed E-state index contributed by atoms with van der Waals surface area (Å²) in [6, 6.07) is 0. The maximum Gasteiger partial charge on any atom is 0.306 e. The lowest BCUT2D eigenvalue weighted by atomic mass is 9.98. The van der Waals surface area contributed by atoms with Crippen LogP contribution in [0.1, 0.15) is 109 Å². The van der Waals surface area contributed by atoms with Crippen LogP contribution in [-0.4, -0.2) is 24.1 Å². The van der Waals surface area contributed by atoms with Crippen LogP contribution in [0.4, 0.5) is 0 Å². The predicted molar refractivity (Wildman–Crippen MR) is 98.2 cm³/mol. The predicted octanol–water partition coefficient (Wildman–Crippen LogP) is 5.47. The maximum atomic E-state index is 12.0. The molecule has 0 bridgehead atoms. The summed E-state index contributed by atoms with van der Waals surface area (Å²) in [4.78, 5) is 24.0. The summed E-state index contributed by atoms with van der Waals surface area (Å²) in [6.45, 7) is 0. The van der Waals surface area contributed by atoms with Crippen molar-refractivity contribution < 1.29 is 19.1 Å². The Labute approximate surface area is 153 Å². The fourth-order valence-corrected chi connectivity index (χ4v) is 3.94. The van der Waals surface area contributed by atoms with Gasteiger partial charge in [0, 0.05) is 12.8 Å². The van der Waals surface area contributed by atoms with Gasteiger partial charge >= 0.3 is 11.9 Å². The van der Waals surface area contributed by atoms with Gasteiger partial charge in [0.2, 0.25) is 0 Å². The zero-order valence-electron chi connectivity index (χ0n) is 15.8.